The van der Waals surface area contributed by atoms with Crippen molar-refractivity contribution in [1.82, 2.24) is 0 Å². The Bertz CT molecular complexity index is 598. The maximum absolute atomic E-state index is 11.9. The van der Waals surface area contributed by atoms with E-state index in [4.69, 9.17) is 11.0 Å². The number of carbonyl (C=O) groups is 1. The summed E-state index contributed by atoms with van der Waals surface area (Å²) in [5.41, 5.74) is 7.07. The SMILES string of the molecule is N#Cc1ccsc1NC(=O)c1cccc(N)c1. The highest BCUT2D eigenvalue weighted by Crippen LogP contribution is 2.23. The molecule has 1 aromatic carbocycles. The number of thiophene rings is 1. The van der Waals surface area contributed by atoms with Crippen molar-refractivity contribution in [2.45, 2.75) is 0 Å². The van der Waals surface area contributed by atoms with Crippen LogP contribution >= 0.6 is 11.3 Å². The molecule has 0 aliphatic rings. The molecule has 1 heterocycles. The largest absolute Gasteiger partial charge is 0.399 e. The van der Waals surface area contributed by atoms with Crippen LogP contribution in [0.3, 0.4) is 0 Å². The lowest BCUT2D eigenvalue weighted by Crippen LogP contribution is -2.11. The minimum absolute atomic E-state index is 0.267. The summed E-state index contributed by atoms with van der Waals surface area (Å²) in [6.07, 6.45) is 0. The van der Waals surface area contributed by atoms with Crippen LogP contribution < -0.4 is 11.1 Å². The number of hydrogen-bond acceptors (Lipinski definition) is 4. The molecule has 0 bridgehead atoms. The van der Waals surface area contributed by atoms with Crippen LogP contribution in [0.1, 0.15) is 15.9 Å². The van der Waals surface area contributed by atoms with Gasteiger partial charge in [0.25, 0.3) is 5.91 Å². The first-order valence-corrected chi connectivity index (χ1v) is 5.73. The van der Waals surface area contributed by atoms with Crippen molar-refractivity contribution < 1.29 is 4.79 Å². The van der Waals surface area contributed by atoms with E-state index in [1.54, 1.807) is 35.7 Å². The summed E-state index contributed by atoms with van der Waals surface area (Å²) in [4.78, 5) is 11.9. The molecule has 0 aliphatic carbocycles. The topological polar surface area (TPSA) is 78.9 Å². The number of rotatable bonds is 2. The third-order valence-corrected chi connectivity index (χ3v) is 2.99. The summed E-state index contributed by atoms with van der Waals surface area (Å²) in [5, 5.41) is 13.8. The van der Waals surface area contributed by atoms with Gasteiger partial charge in [0.05, 0.1) is 5.56 Å². The molecule has 0 saturated heterocycles. The second-order valence-electron chi connectivity index (χ2n) is 3.35. The van der Waals surface area contributed by atoms with Crippen molar-refractivity contribution in [1.29, 1.82) is 5.26 Å². The number of carbonyl (C=O) groups excluding carboxylic acids is 1. The standard InChI is InChI=1S/C12H9N3OS/c13-7-9-4-5-17-12(9)15-11(16)8-2-1-3-10(14)6-8/h1-6H,14H2,(H,15,16). The molecule has 0 spiro atoms. The smallest absolute Gasteiger partial charge is 0.256 e. The number of nitrogen functional groups attached to an aromatic ring is 1. The van der Waals surface area contributed by atoms with Gasteiger partial charge in [-0.15, -0.1) is 11.3 Å². The predicted molar refractivity (Wildman–Crippen MR) is 67.8 cm³/mol. The van der Waals surface area contributed by atoms with E-state index in [9.17, 15) is 4.79 Å². The number of hydrogen-bond donors (Lipinski definition) is 2. The molecule has 5 heteroatoms. The zero-order valence-corrected chi connectivity index (χ0v) is 9.62. The van der Waals surface area contributed by atoms with Gasteiger partial charge in [-0.1, -0.05) is 6.07 Å². The number of benzene rings is 1. The molecule has 2 rings (SSSR count). The fourth-order valence-electron chi connectivity index (χ4n) is 1.35. The first kappa shape index (κ1) is 11.2. The van der Waals surface area contributed by atoms with E-state index in [1.807, 2.05) is 6.07 Å². The number of nitrogens with two attached hydrogens (primary N) is 1. The second-order valence-corrected chi connectivity index (χ2v) is 4.27. The van der Waals surface area contributed by atoms with E-state index >= 15 is 0 Å². The lowest BCUT2D eigenvalue weighted by atomic mass is 10.2. The highest BCUT2D eigenvalue weighted by molar-refractivity contribution is 7.14. The number of amides is 1. The summed E-state index contributed by atoms with van der Waals surface area (Å²) in [6, 6.07) is 10.4. The molecule has 84 valence electrons. The van der Waals surface area contributed by atoms with Gasteiger partial charge in [-0.3, -0.25) is 4.79 Å². The Morgan fingerprint density at radius 1 is 1.41 bits per heavy atom. The molecule has 0 atom stereocenters. The quantitative estimate of drug-likeness (QED) is 0.795. The molecule has 0 fully saturated rings. The zero-order chi connectivity index (χ0) is 12.3. The predicted octanol–water partition coefficient (Wildman–Crippen LogP) is 2.45. The van der Waals surface area contributed by atoms with Crippen molar-refractivity contribution >= 4 is 27.9 Å². The van der Waals surface area contributed by atoms with Crippen LogP contribution in [0.25, 0.3) is 0 Å². The Hall–Kier alpha value is -2.32. The van der Waals surface area contributed by atoms with Crippen molar-refractivity contribution in [2.75, 3.05) is 11.1 Å². The fourth-order valence-corrected chi connectivity index (χ4v) is 2.08. The molecule has 0 radical (unpaired) electrons. The molecule has 17 heavy (non-hydrogen) atoms. The van der Waals surface area contributed by atoms with Gasteiger partial charge in [0.1, 0.15) is 11.1 Å². The van der Waals surface area contributed by atoms with Crippen LogP contribution in [-0.4, -0.2) is 5.91 Å². The van der Waals surface area contributed by atoms with Crippen molar-refractivity contribution in [3.05, 3.63) is 46.8 Å². The molecule has 0 saturated carbocycles. The fraction of sp³-hybridized carbons (Fsp3) is 0. The Kier molecular flexibility index (Phi) is 3.08. The number of nitriles is 1. The van der Waals surface area contributed by atoms with Crippen LogP contribution in [0.5, 0.6) is 0 Å². The Morgan fingerprint density at radius 2 is 2.24 bits per heavy atom. The van der Waals surface area contributed by atoms with E-state index in [-0.39, 0.29) is 5.91 Å². The average Bonchev–Trinajstić information content (AvgIpc) is 2.76. The lowest BCUT2D eigenvalue weighted by molar-refractivity contribution is 0.102. The molecular weight excluding hydrogens is 234 g/mol. The molecular formula is C12H9N3OS. The van der Waals surface area contributed by atoms with Crippen molar-refractivity contribution in [3.8, 4) is 6.07 Å². The van der Waals surface area contributed by atoms with Crippen LogP contribution in [0.4, 0.5) is 10.7 Å². The second kappa shape index (κ2) is 4.68. The van der Waals surface area contributed by atoms with Gasteiger partial charge >= 0.3 is 0 Å². The van der Waals surface area contributed by atoms with E-state index in [0.717, 1.165) is 0 Å². The first-order valence-electron chi connectivity index (χ1n) is 4.85. The highest BCUT2D eigenvalue weighted by Gasteiger charge is 2.10. The number of nitrogens with one attached hydrogen (secondary N) is 1. The van der Waals surface area contributed by atoms with Crippen molar-refractivity contribution in [3.63, 3.8) is 0 Å². The van der Waals surface area contributed by atoms with Crippen LogP contribution in [0.15, 0.2) is 35.7 Å². The molecule has 0 unspecified atom stereocenters. The van der Waals surface area contributed by atoms with Gasteiger partial charge in [-0.05, 0) is 29.6 Å². The first-order chi connectivity index (χ1) is 8.20. The lowest BCUT2D eigenvalue weighted by Gasteiger charge is -2.03. The third-order valence-electron chi connectivity index (χ3n) is 2.16. The Labute approximate surface area is 102 Å². The van der Waals surface area contributed by atoms with E-state index < -0.39 is 0 Å². The summed E-state index contributed by atoms with van der Waals surface area (Å²) in [7, 11) is 0. The normalized spacial score (nSPS) is 9.59. The Morgan fingerprint density at radius 3 is 2.94 bits per heavy atom. The summed E-state index contributed by atoms with van der Waals surface area (Å²) in [6.45, 7) is 0. The number of nitrogens with zero attached hydrogens (tertiary/aromatic N) is 1. The van der Waals surface area contributed by atoms with Gasteiger partial charge < -0.3 is 11.1 Å². The van der Waals surface area contributed by atoms with E-state index in [1.165, 1.54) is 11.3 Å². The minimum Gasteiger partial charge on any atom is -0.399 e. The summed E-state index contributed by atoms with van der Waals surface area (Å²) in [5.74, 6) is -0.267. The third kappa shape index (κ3) is 2.44. The molecule has 0 aliphatic heterocycles. The average molecular weight is 243 g/mol. The maximum atomic E-state index is 11.9. The van der Waals surface area contributed by atoms with Gasteiger partial charge in [0, 0.05) is 11.3 Å². The van der Waals surface area contributed by atoms with Crippen LogP contribution in [-0.2, 0) is 0 Å². The van der Waals surface area contributed by atoms with Gasteiger partial charge in [0.2, 0.25) is 0 Å². The summed E-state index contributed by atoms with van der Waals surface area (Å²) < 4.78 is 0. The van der Waals surface area contributed by atoms with E-state index in [0.29, 0.717) is 21.8 Å². The number of anilines is 2. The molecule has 1 aromatic heterocycles. The van der Waals surface area contributed by atoms with Gasteiger partial charge in [-0.25, -0.2) is 0 Å². The maximum Gasteiger partial charge on any atom is 0.256 e. The molecule has 3 N–H and O–H groups in total. The van der Waals surface area contributed by atoms with E-state index in [2.05, 4.69) is 5.32 Å². The minimum atomic E-state index is -0.267. The highest BCUT2D eigenvalue weighted by atomic mass is 32.1. The summed E-state index contributed by atoms with van der Waals surface area (Å²) >= 11 is 1.32. The zero-order valence-electron chi connectivity index (χ0n) is 8.81. The molecule has 4 nitrogen and oxygen atoms in total. The monoisotopic (exact) mass is 243 g/mol. The van der Waals surface area contributed by atoms with Gasteiger partial charge in [0.15, 0.2) is 0 Å². The Balaban J connectivity index is 2.21. The molecule has 2 aromatic rings. The van der Waals surface area contributed by atoms with Crippen molar-refractivity contribution in [2.24, 2.45) is 0 Å². The molecule has 1 amide bonds. The van der Waals surface area contributed by atoms with Crippen LogP contribution in [0.2, 0.25) is 0 Å². The van der Waals surface area contributed by atoms with Crippen LogP contribution in [0, 0.1) is 11.3 Å². The van der Waals surface area contributed by atoms with Gasteiger partial charge in [-0.2, -0.15) is 5.26 Å².